The van der Waals surface area contributed by atoms with E-state index in [0.717, 1.165) is 44.1 Å². The van der Waals surface area contributed by atoms with Gasteiger partial charge in [-0.25, -0.2) is 4.79 Å². The Bertz CT molecular complexity index is 992. The second-order valence-electron chi connectivity index (χ2n) is 9.57. The van der Waals surface area contributed by atoms with E-state index in [1.807, 2.05) is 6.92 Å². The minimum absolute atomic E-state index is 0.0422. The molecular formula is C31H44O5. The number of benzene rings is 1. The first-order valence-electron chi connectivity index (χ1n) is 12.8. The van der Waals surface area contributed by atoms with E-state index in [0.29, 0.717) is 24.0 Å². The summed E-state index contributed by atoms with van der Waals surface area (Å²) >= 11 is 0. The Kier molecular flexibility index (Phi) is 15.0. The van der Waals surface area contributed by atoms with Crippen molar-refractivity contribution >= 4 is 5.97 Å². The van der Waals surface area contributed by atoms with Crippen molar-refractivity contribution in [3.63, 3.8) is 0 Å². The van der Waals surface area contributed by atoms with Gasteiger partial charge in [-0.3, -0.25) is 0 Å². The molecule has 0 aliphatic rings. The molecule has 0 aromatic heterocycles. The lowest BCUT2D eigenvalue weighted by atomic mass is 10.0. The average Bonchev–Trinajstić information content (AvgIpc) is 2.82. The van der Waals surface area contributed by atoms with Gasteiger partial charge in [0, 0.05) is 11.1 Å². The molecule has 0 bridgehead atoms. The van der Waals surface area contributed by atoms with Crippen molar-refractivity contribution in [1.29, 1.82) is 0 Å². The van der Waals surface area contributed by atoms with Gasteiger partial charge in [0.05, 0.1) is 6.61 Å². The molecule has 4 N–H and O–H groups in total. The summed E-state index contributed by atoms with van der Waals surface area (Å²) < 4.78 is 0. The Balaban J connectivity index is 2.43. The second-order valence-corrected chi connectivity index (χ2v) is 9.57. The topological polar surface area (TPSA) is 98.0 Å². The smallest absolute Gasteiger partial charge is 0.331 e. The fourth-order valence-electron chi connectivity index (χ4n) is 3.75. The number of aliphatic carboxylic acids is 1. The molecule has 0 atom stereocenters. The molecule has 0 aliphatic heterocycles. The molecule has 5 heteroatoms. The highest BCUT2D eigenvalue weighted by atomic mass is 16.4. The molecule has 0 saturated carbocycles. The number of aliphatic hydroxyl groups is 1. The van der Waals surface area contributed by atoms with Crippen LogP contribution in [0.1, 0.15) is 84.6 Å². The van der Waals surface area contributed by atoms with Crippen molar-refractivity contribution in [3.05, 3.63) is 82.0 Å². The summed E-state index contributed by atoms with van der Waals surface area (Å²) in [5.41, 5.74) is 5.84. The van der Waals surface area contributed by atoms with Crippen molar-refractivity contribution < 1.29 is 25.2 Å². The van der Waals surface area contributed by atoms with Gasteiger partial charge in [0.1, 0.15) is 11.5 Å². The third-order valence-electron chi connectivity index (χ3n) is 6.16. The van der Waals surface area contributed by atoms with Crippen molar-refractivity contribution in [2.24, 2.45) is 0 Å². The lowest BCUT2D eigenvalue weighted by Crippen LogP contribution is -2.01. The summed E-state index contributed by atoms with van der Waals surface area (Å²) in [5, 5.41) is 38.0. The number of rotatable bonds is 16. The van der Waals surface area contributed by atoms with E-state index < -0.39 is 5.97 Å². The van der Waals surface area contributed by atoms with Gasteiger partial charge in [0.15, 0.2) is 0 Å². The zero-order valence-corrected chi connectivity index (χ0v) is 22.4. The Labute approximate surface area is 216 Å². The SMILES string of the molecule is C/C(=C\CC/C(C)=C/CC/C(C)=C/CC/C(C)=C/CCC(=CCc1cc(O)ccc1O)C(=O)O)CO. The van der Waals surface area contributed by atoms with Crippen LogP contribution in [0.15, 0.2) is 76.4 Å². The van der Waals surface area contributed by atoms with E-state index in [9.17, 15) is 20.1 Å². The number of hydrogen-bond donors (Lipinski definition) is 4. The number of allylic oxidation sites excluding steroid dienone is 8. The summed E-state index contributed by atoms with van der Waals surface area (Å²) in [6.45, 7) is 8.50. The van der Waals surface area contributed by atoms with Crippen molar-refractivity contribution in [3.8, 4) is 11.5 Å². The molecule has 0 fully saturated rings. The van der Waals surface area contributed by atoms with Gasteiger partial charge in [-0.05, 0) is 104 Å². The van der Waals surface area contributed by atoms with Crippen LogP contribution >= 0.6 is 0 Å². The van der Waals surface area contributed by atoms with E-state index >= 15 is 0 Å². The molecule has 0 heterocycles. The number of aliphatic hydroxyl groups excluding tert-OH is 1. The van der Waals surface area contributed by atoms with E-state index in [-0.39, 0.29) is 24.5 Å². The third kappa shape index (κ3) is 13.7. The lowest BCUT2D eigenvalue weighted by Gasteiger charge is -2.05. The predicted octanol–water partition coefficient (Wildman–Crippen LogP) is 7.55. The number of carbonyl (C=O) groups is 1. The molecule has 0 spiro atoms. The van der Waals surface area contributed by atoms with E-state index in [1.165, 1.54) is 34.9 Å². The monoisotopic (exact) mass is 496 g/mol. The fourth-order valence-corrected chi connectivity index (χ4v) is 3.75. The largest absolute Gasteiger partial charge is 0.508 e. The Morgan fingerprint density at radius 3 is 1.67 bits per heavy atom. The van der Waals surface area contributed by atoms with Gasteiger partial charge in [-0.15, -0.1) is 0 Å². The van der Waals surface area contributed by atoms with Gasteiger partial charge in [-0.1, -0.05) is 52.7 Å². The van der Waals surface area contributed by atoms with Gasteiger partial charge in [0.2, 0.25) is 0 Å². The van der Waals surface area contributed by atoms with Crippen LogP contribution in [0.25, 0.3) is 0 Å². The van der Waals surface area contributed by atoms with Crippen LogP contribution in [0.3, 0.4) is 0 Å². The predicted molar refractivity (Wildman–Crippen MR) is 148 cm³/mol. The normalized spacial score (nSPS) is 13.9. The first-order chi connectivity index (χ1) is 17.1. The molecule has 0 saturated heterocycles. The van der Waals surface area contributed by atoms with Crippen LogP contribution in [-0.2, 0) is 11.2 Å². The molecule has 36 heavy (non-hydrogen) atoms. The minimum Gasteiger partial charge on any atom is -0.508 e. The molecule has 0 aliphatic carbocycles. The van der Waals surface area contributed by atoms with Gasteiger partial charge >= 0.3 is 5.97 Å². The number of phenolic OH excluding ortho intramolecular Hbond substituents is 2. The number of carboxylic acids is 1. The van der Waals surface area contributed by atoms with Crippen LogP contribution in [-0.4, -0.2) is 33.0 Å². The summed E-state index contributed by atoms with van der Waals surface area (Å²) in [4.78, 5) is 11.6. The lowest BCUT2D eigenvalue weighted by molar-refractivity contribution is -0.132. The van der Waals surface area contributed by atoms with Crippen LogP contribution in [0.5, 0.6) is 11.5 Å². The highest BCUT2D eigenvalue weighted by molar-refractivity contribution is 5.86. The molecule has 1 aromatic carbocycles. The molecule has 1 aromatic rings. The van der Waals surface area contributed by atoms with E-state index in [2.05, 4.69) is 45.1 Å². The van der Waals surface area contributed by atoms with Crippen LogP contribution in [0.2, 0.25) is 0 Å². The maximum absolute atomic E-state index is 11.6. The zero-order valence-electron chi connectivity index (χ0n) is 22.4. The van der Waals surface area contributed by atoms with Crippen molar-refractivity contribution in [1.82, 2.24) is 0 Å². The summed E-state index contributed by atoms with van der Waals surface area (Å²) in [6.07, 6.45) is 17.7. The average molecular weight is 497 g/mol. The Morgan fingerprint density at radius 2 is 1.19 bits per heavy atom. The number of phenols is 2. The molecule has 0 unspecified atom stereocenters. The van der Waals surface area contributed by atoms with Gasteiger partial charge in [0.25, 0.3) is 0 Å². The first-order valence-corrected chi connectivity index (χ1v) is 12.8. The standard InChI is InChI=1S/C31H44O5/c1-23(9-5-11-24(2)13-7-15-26(4)22-32)10-6-12-25(3)14-8-16-27(31(35)36)17-18-28-21-29(33)19-20-30(28)34/h10-11,14-15,17,19-21,32-34H,5-9,12-13,16,18,22H2,1-4H3,(H,35,36)/b23-10+,24-11+,25-14+,26-15+,27-17?. The van der Waals surface area contributed by atoms with Crippen LogP contribution in [0, 0.1) is 0 Å². The van der Waals surface area contributed by atoms with Gasteiger partial charge in [-0.2, -0.15) is 0 Å². The molecular weight excluding hydrogens is 452 g/mol. The Hall–Kier alpha value is -3.05. The van der Waals surface area contributed by atoms with Crippen LogP contribution in [0.4, 0.5) is 0 Å². The quantitative estimate of drug-likeness (QED) is 0.108. The maximum Gasteiger partial charge on any atom is 0.331 e. The fraction of sp³-hybridized carbons (Fsp3) is 0.452. The van der Waals surface area contributed by atoms with Gasteiger partial charge < -0.3 is 20.4 Å². The number of carboxylic acid groups (broad SMARTS) is 1. The number of aromatic hydroxyl groups is 2. The third-order valence-corrected chi connectivity index (χ3v) is 6.16. The number of hydrogen-bond acceptors (Lipinski definition) is 4. The summed E-state index contributed by atoms with van der Waals surface area (Å²) in [7, 11) is 0. The minimum atomic E-state index is -0.958. The van der Waals surface area contributed by atoms with E-state index in [1.54, 1.807) is 6.08 Å². The first kappa shape index (κ1) is 31.0. The zero-order chi connectivity index (χ0) is 26.9. The second kappa shape index (κ2) is 17.4. The maximum atomic E-state index is 11.6. The molecule has 198 valence electrons. The van der Waals surface area contributed by atoms with Crippen molar-refractivity contribution in [2.75, 3.05) is 6.61 Å². The molecule has 0 amide bonds. The van der Waals surface area contributed by atoms with Crippen molar-refractivity contribution in [2.45, 2.75) is 85.5 Å². The van der Waals surface area contributed by atoms with Crippen LogP contribution < -0.4 is 0 Å². The summed E-state index contributed by atoms with van der Waals surface area (Å²) in [5.74, 6) is -0.874. The molecule has 5 nitrogen and oxygen atoms in total. The summed E-state index contributed by atoms with van der Waals surface area (Å²) in [6, 6.07) is 4.24. The Morgan fingerprint density at radius 1 is 0.722 bits per heavy atom. The van der Waals surface area contributed by atoms with E-state index in [4.69, 9.17) is 5.11 Å². The highest BCUT2D eigenvalue weighted by Gasteiger charge is 2.08. The molecule has 1 rings (SSSR count). The molecule has 0 radical (unpaired) electrons. The highest BCUT2D eigenvalue weighted by Crippen LogP contribution is 2.23.